The van der Waals surface area contributed by atoms with E-state index in [2.05, 4.69) is 12.1 Å². The van der Waals surface area contributed by atoms with Gasteiger partial charge in [0, 0.05) is 18.8 Å². The van der Waals surface area contributed by atoms with Gasteiger partial charge in [-0.25, -0.2) is 0 Å². The maximum absolute atomic E-state index is 8.61. The molecule has 1 aromatic carbocycles. The van der Waals surface area contributed by atoms with Crippen molar-refractivity contribution >= 4 is 5.69 Å². The summed E-state index contributed by atoms with van der Waals surface area (Å²) in [5.74, 6) is 0.800. The summed E-state index contributed by atoms with van der Waals surface area (Å²) in [5.41, 5.74) is 1.01. The van der Waals surface area contributed by atoms with E-state index in [0.717, 1.165) is 11.4 Å². The number of nitriles is 2. The first kappa shape index (κ1) is 12.9. The third-order valence-corrected chi connectivity index (χ3v) is 2.42. The molecule has 0 heterocycles. The predicted octanol–water partition coefficient (Wildman–Crippen LogP) is 2.33. The number of rotatable bonds is 6. The van der Waals surface area contributed by atoms with E-state index in [-0.39, 0.29) is 0 Å². The highest BCUT2D eigenvalue weighted by Gasteiger charge is 2.05. The second kappa shape index (κ2) is 7.14. The molecule has 0 aliphatic carbocycles. The van der Waals surface area contributed by atoms with Crippen molar-refractivity contribution in [3.63, 3.8) is 0 Å². The van der Waals surface area contributed by atoms with E-state index in [1.807, 2.05) is 29.2 Å². The van der Waals surface area contributed by atoms with Gasteiger partial charge in [0.15, 0.2) is 0 Å². The Bertz CT molecular complexity index is 396. The van der Waals surface area contributed by atoms with Gasteiger partial charge in [-0.15, -0.1) is 0 Å². The van der Waals surface area contributed by atoms with Crippen molar-refractivity contribution in [2.75, 3.05) is 25.1 Å². The van der Waals surface area contributed by atoms with Gasteiger partial charge in [-0.1, -0.05) is 0 Å². The maximum Gasteiger partial charge on any atom is 0.119 e. The Morgan fingerprint density at radius 1 is 1.06 bits per heavy atom. The summed E-state index contributed by atoms with van der Waals surface area (Å²) >= 11 is 0. The third kappa shape index (κ3) is 4.04. The minimum atomic E-state index is 0.456. The van der Waals surface area contributed by atoms with Crippen molar-refractivity contribution in [1.29, 1.82) is 10.5 Å². The first-order valence-corrected chi connectivity index (χ1v) is 5.44. The maximum atomic E-state index is 8.61. The highest BCUT2D eigenvalue weighted by Crippen LogP contribution is 2.19. The summed E-state index contributed by atoms with van der Waals surface area (Å²) in [6.07, 6.45) is 0.912. The normalized spacial score (nSPS) is 9.12. The Morgan fingerprint density at radius 3 is 2.00 bits per heavy atom. The molecule has 0 fully saturated rings. The molecule has 0 bridgehead atoms. The molecule has 0 amide bonds. The van der Waals surface area contributed by atoms with E-state index in [4.69, 9.17) is 15.3 Å². The number of nitrogens with zero attached hydrogens (tertiary/aromatic N) is 3. The lowest BCUT2D eigenvalue weighted by molar-refractivity contribution is 0.415. The molecular formula is C13H15N3O. The van der Waals surface area contributed by atoms with Gasteiger partial charge in [-0.05, 0) is 24.3 Å². The Hall–Kier alpha value is -2.20. The molecule has 0 N–H and O–H groups in total. The van der Waals surface area contributed by atoms with Crippen molar-refractivity contribution < 1.29 is 4.74 Å². The van der Waals surface area contributed by atoms with E-state index in [0.29, 0.717) is 25.9 Å². The topological polar surface area (TPSA) is 60.0 Å². The van der Waals surface area contributed by atoms with Crippen LogP contribution in [0.3, 0.4) is 0 Å². The average molecular weight is 229 g/mol. The molecule has 0 aliphatic rings. The zero-order chi connectivity index (χ0) is 12.5. The standard InChI is InChI=1S/C13H15N3O/c1-17-13-6-4-12(5-7-13)16(10-2-8-14)11-3-9-15/h4-7H,2-3,10-11H2,1H3. The summed E-state index contributed by atoms with van der Waals surface area (Å²) in [6, 6.07) is 11.9. The first-order chi connectivity index (χ1) is 8.31. The van der Waals surface area contributed by atoms with Gasteiger partial charge < -0.3 is 9.64 Å². The Balaban J connectivity index is 2.73. The van der Waals surface area contributed by atoms with Gasteiger partial charge in [0.25, 0.3) is 0 Å². The van der Waals surface area contributed by atoms with Crippen LogP contribution in [0.1, 0.15) is 12.8 Å². The van der Waals surface area contributed by atoms with Crippen LogP contribution in [0.4, 0.5) is 5.69 Å². The minimum Gasteiger partial charge on any atom is -0.497 e. The lowest BCUT2D eigenvalue weighted by atomic mass is 10.2. The van der Waals surface area contributed by atoms with Crippen LogP contribution in [-0.2, 0) is 0 Å². The quantitative estimate of drug-likeness (QED) is 0.751. The first-order valence-electron chi connectivity index (χ1n) is 5.44. The fourth-order valence-electron chi connectivity index (χ4n) is 1.53. The van der Waals surface area contributed by atoms with Gasteiger partial charge in [0.2, 0.25) is 0 Å². The van der Waals surface area contributed by atoms with E-state index in [1.165, 1.54) is 0 Å². The Labute approximate surface area is 102 Å². The van der Waals surface area contributed by atoms with Gasteiger partial charge >= 0.3 is 0 Å². The molecule has 0 aromatic heterocycles. The van der Waals surface area contributed by atoms with Crippen molar-refractivity contribution in [3.8, 4) is 17.9 Å². The number of ether oxygens (including phenoxy) is 1. The Kier molecular flexibility index (Phi) is 5.40. The van der Waals surface area contributed by atoms with Crippen LogP contribution in [0.15, 0.2) is 24.3 Å². The molecule has 0 saturated heterocycles. The van der Waals surface area contributed by atoms with Crippen molar-refractivity contribution in [2.45, 2.75) is 12.8 Å². The summed E-state index contributed by atoms with van der Waals surface area (Å²) in [5, 5.41) is 17.2. The molecule has 88 valence electrons. The molecular weight excluding hydrogens is 214 g/mol. The minimum absolute atomic E-state index is 0.456. The summed E-state index contributed by atoms with van der Waals surface area (Å²) in [4.78, 5) is 2.03. The molecule has 1 aromatic rings. The molecule has 0 radical (unpaired) electrons. The fraction of sp³-hybridized carbons (Fsp3) is 0.385. The van der Waals surface area contributed by atoms with Gasteiger partial charge in [0.05, 0.1) is 32.1 Å². The molecule has 4 nitrogen and oxygen atoms in total. The molecule has 1 rings (SSSR count). The molecule has 0 aliphatic heterocycles. The van der Waals surface area contributed by atoms with Crippen LogP contribution in [0.25, 0.3) is 0 Å². The smallest absolute Gasteiger partial charge is 0.119 e. The number of benzene rings is 1. The van der Waals surface area contributed by atoms with Crippen LogP contribution in [-0.4, -0.2) is 20.2 Å². The van der Waals surface area contributed by atoms with Crippen LogP contribution < -0.4 is 9.64 Å². The fourth-order valence-corrected chi connectivity index (χ4v) is 1.53. The van der Waals surface area contributed by atoms with Crippen molar-refractivity contribution in [1.82, 2.24) is 0 Å². The highest BCUT2D eigenvalue weighted by atomic mass is 16.5. The van der Waals surface area contributed by atoms with E-state index in [1.54, 1.807) is 7.11 Å². The Morgan fingerprint density at radius 2 is 1.59 bits per heavy atom. The number of anilines is 1. The van der Waals surface area contributed by atoms with Crippen LogP contribution in [0.2, 0.25) is 0 Å². The molecule has 0 atom stereocenters. The van der Waals surface area contributed by atoms with Gasteiger partial charge in [-0.2, -0.15) is 10.5 Å². The number of methoxy groups -OCH3 is 1. The predicted molar refractivity (Wildman–Crippen MR) is 65.7 cm³/mol. The second-order valence-corrected chi connectivity index (χ2v) is 3.50. The lowest BCUT2D eigenvalue weighted by Crippen LogP contribution is -2.25. The van der Waals surface area contributed by atoms with Gasteiger partial charge in [0.1, 0.15) is 5.75 Å². The zero-order valence-electron chi connectivity index (χ0n) is 9.89. The molecule has 4 heteroatoms. The van der Waals surface area contributed by atoms with Crippen LogP contribution in [0.5, 0.6) is 5.75 Å². The molecule has 17 heavy (non-hydrogen) atoms. The SMILES string of the molecule is COc1ccc(N(CCC#N)CCC#N)cc1. The van der Waals surface area contributed by atoms with Crippen molar-refractivity contribution in [2.24, 2.45) is 0 Å². The number of hydrogen-bond acceptors (Lipinski definition) is 4. The summed E-state index contributed by atoms with van der Waals surface area (Å²) < 4.78 is 5.09. The van der Waals surface area contributed by atoms with Gasteiger partial charge in [-0.3, -0.25) is 0 Å². The van der Waals surface area contributed by atoms with E-state index < -0.39 is 0 Å². The average Bonchev–Trinajstić information content (AvgIpc) is 2.39. The largest absolute Gasteiger partial charge is 0.497 e. The van der Waals surface area contributed by atoms with Crippen LogP contribution >= 0.6 is 0 Å². The lowest BCUT2D eigenvalue weighted by Gasteiger charge is -2.22. The summed E-state index contributed by atoms with van der Waals surface area (Å²) in [6.45, 7) is 1.29. The van der Waals surface area contributed by atoms with Crippen molar-refractivity contribution in [3.05, 3.63) is 24.3 Å². The van der Waals surface area contributed by atoms with Crippen LogP contribution in [0, 0.1) is 22.7 Å². The molecule has 0 spiro atoms. The second-order valence-electron chi connectivity index (χ2n) is 3.50. The summed E-state index contributed by atoms with van der Waals surface area (Å²) in [7, 11) is 1.62. The molecule has 0 unspecified atom stereocenters. The van der Waals surface area contributed by atoms with E-state index in [9.17, 15) is 0 Å². The monoisotopic (exact) mass is 229 g/mol. The molecule has 0 saturated carbocycles. The third-order valence-electron chi connectivity index (χ3n) is 2.42. The highest BCUT2D eigenvalue weighted by molar-refractivity contribution is 5.49. The van der Waals surface area contributed by atoms with E-state index >= 15 is 0 Å². The number of hydrogen-bond donors (Lipinski definition) is 0. The zero-order valence-corrected chi connectivity index (χ0v) is 9.89.